The van der Waals surface area contributed by atoms with Crippen LogP contribution < -0.4 is 0 Å². The maximum atomic E-state index is 4.71. The quantitative estimate of drug-likeness (QED) is 0.686. The van der Waals surface area contributed by atoms with Crippen molar-refractivity contribution in [2.24, 2.45) is 0 Å². The summed E-state index contributed by atoms with van der Waals surface area (Å²) in [5.74, 6) is 1.70. The topological polar surface area (TPSA) is 17.8 Å². The van der Waals surface area contributed by atoms with Crippen LogP contribution in [0, 0.1) is 0 Å². The average Bonchev–Trinajstić information content (AvgIpc) is 2.76. The van der Waals surface area contributed by atoms with Crippen molar-refractivity contribution in [3.05, 3.63) is 36.2 Å². The second-order valence-electron chi connectivity index (χ2n) is 4.12. The molecule has 1 aromatic heterocycles. The molecule has 2 nitrogen and oxygen atoms in total. The number of fused-ring (bicyclic) bond motifs is 3. The number of nitrogens with zero attached hydrogens (tertiary/aromatic N) is 2. The molecule has 0 saturated heterocycles. The molecule has 1 atom stereocenters. The molecule has 1 aromatic carbocycles. The molecule has 0 aliphatic carbocycles. The fourth-order valence-electron chi connectivity index (χ4n) is 2.40. The Morgan fingerprint density at radius 1 is 1.33 bits per heavy atom. The molecule has 0 N–H and O–H groups in total. The maximum absolute atomic E-state index is 4.71. The number of para-hydroxylation sites is 2. The van der Waals surface area contributed by atoms with Crippen LogP contribution >= 0.6 is 0 Å². The molecule has 0 fully saturated rings. The lowest BCUT2D eigenvalue weighted by Crippen LogP contribution is -1.96. The Bertz CT molecular complexity index is 549. The summed E-state index contributed by atoms with van der Waals surface area (Å²) in [6, 6.07) is 8.34. The van der Waals surface area contributed by atoms with Crippen LogP contribution in [0.3, 0.4) is 0 Å². The number of hydrogen-bond acceptors (Lipinski definition) is 1. The highest BCUT2D eigenvalue weighted by atomic mass is 15.1. The first-order valence-electron chi connectivity index (χ1n) is 5.47. The van der Waals surface area contributed by atoms with Gasteiger partial charge in [0.2, 0.25) is 0 Å². The molecule has 0 saturated carbocycles. The van der Waals surface area contributed by atoms with Crippen LogP contribution in [0.5, 0.6) is 0 Å². The number of aromatic nitrogens is 2. The van der Waals surface area contributed by atoms with Gasteiger partial charge in [0.25, 0.3) is 0 Å². The number of rotatable bonds is 1. The van der Waals surface area contributed by atoms with Gasteiger partial charge in [-0.1, -0.05) is 25.1 Å². The van der Waals surface area contributed by atoms with Gasteiger partial charge in [0.05, 0.1) is 11.0 Å². The molecule has 0 spiro atoms. The molecule has 2 aromatic rings. The van der Waals surface area contributed by atoms with Crippen molar-refractivity contribution in [1.29, 1.82) is 0 Å². The van der Waals surface area contributed by atoms with E-state index < -0.39 is 0 Å². The van der Waals surface area contributed by atoms with Gasteiger partial charge in [-0.15, -0.1) is 0 Å². The largest absolute Gasteiger partial charge is 0.300 e. The molecule has 1 aliphatic heterocycles. The fourth-order valence-corrected chi connectivity index (χ4v) is 2.40. The highest BCUT2D eigenvalue weighted by molar-refractivity contribution is 5.81. The molecule has 2 heteroatoms. The Labute approximate surface area is 89.2 Å². The summed E-state index contributed by atoms with van der Waals surface area (Å²) in [5, 5.41) is 0. The van der Waals surface area contributed by atoms with E-state index in [4.69, 9.17) is 4.98 Å². The summed E-state index contributed by atoms with van der Waals surface area (Å²) in [5.41, 5.74) is 3.65. The second-order valence-corrected chi connectivity index (χ2v) is 4.12. The molecule has 0 amide bonds. The monoisotopic (exact) mass is 198 g/mol. The second kappa shape index (κ2) is 2.96. The van der Waals surface area contributed by atoms with Crippen molar-refractivity contribution in [1.82, 2.24) is 9.55 Å². The van der Waals surface area contributed by atoms with Gasteiger partial charge in [-0.3, -0.25) is 0 Å². The lowest BCUT2D eigenvalue weighted by Gasteiger charge is -2.02. The lowest BCUT2D eigenvalue weighted by atomic mass is 10.1. The van der Waals surface area contributed by atoms with Crippen LogP contribution in [0.25, 0.3) is 16.7 Å². The fraction of sp³-hybridized carbons (Fsp3) is 0.308. The number of benzene rings is 1. The van der Waals surface area contributed by atoms with E-state index in [1.165, 1.54) is 17.0 Å². The van der Waals surface area contributed by atoms with Crippen LogP contribution in [0.15, 0.2) is 30.3 Å². The molecule has 15 heavy (non-hydrogen) atoms. The Hall–Kier alpha value is -1.57. The van der Waals surface area contributed by atoms with Gasteiger partial charge in [-0.25, -0.2) is 4.98 Å². The molecule has 0 bridgehead atoms. The minimum Gasteiger partial charge on any atom is -0.300 e. The van der Waals surface area contributed by atoms with E-state index in [2.05, 4.69) is 42.7 Å². The first kappa shape index (κ1) is 8.72. The highest BCUT2D eigenvalue weighted by Gasteiger charge is 2.23. The molecule has 1 aliphatic rings. The third kappa shape index (κ3) is 1.08. The Morgan fingerprint density at radius 3 is 2.93 bits per heavy atom. The van der Waals surface area contributed by atoms with Crippen LogP contribution in [0.4, 0.5) is 0 Å². The zero-order chi connectivity index (χ0) is 10.4. The van der Waals surface area contributed by atoms with Gasteiger partial charge in [-0.05, 0) is 25.5 Å². The lowest BCUT2D eigenvalue weighted by molar-refractivity contribution is 0.765. The SMILES string of the molecule is CCC1C=C(C)n2c1nc1ccccc12. The standard InChI is InChI=1S/C13H14N2/c1-3-10-8-9(2)15-12-7-5-4-6-11(12)14-13(10)15/h4-8,10H,3H2,1-2H3. The van der Waals surface area contributed by atoms with Gasteiger partial charge in [0.15, 0.2) is 0 Å². The molecule has 0 radical (unpaired) electrons. The van der Waals surface area contributed by atoms with E-state index in [0.717, 1.165) is 11.9 Å². The van der Waals surface area contributed by atoms with Crippen molar-refractivity contribution in [3.8, 4) is 0 Å². The summed E-state index contributed by atoms with van der Waals surface area (Å²) < 4.78 is 2.28. The molecular formula is C13H14N2. The van der Waals surface area contributed by atoms with Gasteiger partial charge in [0, 0.05) is 11.6 Å². The molecular weight excluding hydrogens is 184 g/mol. The van der Waals surface area contributed by atoms with E-state index in [1.54, 1.807) is 0 Å². The minimum absolute atomic E-state index is 0.498. The molecule has 2 heterocycles. The Kier molecular flexibility index (Phi) is 1.72. The van der Waals surface area contributed by atoms with Gasteiger partial charge >= 0.3 is 0 Å². The first-order valence-corrected chi connectivity index (χ1v) is 5.47. The van der Waals surface area contributed by atoms with E-state index >= 15 is 0 Å². The van der Waals surface area contributed by atoms with Crippen molar-refractivity contribution in [2.75, 3.05) is 0 Å². The van der Waals surface area contributed by atoms with Gasteiger partial charge < -0.3 is 4.57 Å². The first-order chi connectivity index (χ1) is 7.31. The molecule has 1 unspecified atom stereocenters. The summed E-state index contributed by atoms with van der Waals surface area (Å²) in [7, 11) is 0. The average molecular weight is 198 g/mol. The zero-order valence-electron chi connectivity index (χ0n) is 9.07. The maximum Gasteiger partial charge on any atom is 0.121 e. The predicted octanol–water partition coefficient (Wildman–Crippen LogP) is 3.40. The predicted molar refractivity (Wildman–Crippen MR) is 62.7 cm³/mol. The van der Waals surface area contributed by atoms with Gasteiger partial charge in [-0.2, -0.15) is 0 Å². The van der Waals surface area contributed by atoms with Crippen molar-refractivity contribution in [2.45, 2.75) is 26.2 Å². The van der Waals surface area contributed by atoms with E-state index in [-0.39, 0.29) is 0 Å². The van der Waals surface area contributed by atoms with E-state index in [0.29, 0.717) is 5.92 Å². The highest BCUT2D eigenvalue weighted by Crippen LogP contribution is 2.34. The third-order valence-electron chi connectivity index (χ3n) is 3.15. The van der Waals surface area contributed by atoms with E-state index in [1.807, 2.05) is 6.07 Å². The summed E-state index contributed by atoms with van der Waals surface area (Å²) in [6.45, 7) is 4.37. The Balaban J connectivity index is 2.35. The van der Waals surface area contributed by atoms with Crippen molar-refractivity contribution < 1.29 is 0 Å². The number of allylic oxidation sites excluding steroid dienone is 2. The van der Waals surface area contributed by atoms with Crippen LogP contribution in [0.1, 0.15) is 32.0 Å². The minimum atomic E-state index is 0.498. The van der Waals surface area contributed by atoms with Crippen molar-refractivity contribution in [3.63, 3.8) is 0 Å². The molecule has 3 rings (SSSR count). The molecule has 76 valence electrons. The van der Waals surface area contributed by atoms with Crippen LogP contribution in [-0.2, 0) is 0 Å². The summed E-state index contributed by atoms with van der Waals surface area (Å²) in [4.78, 5) is 4.71. The zero-order valence-corrected chi connectivity index (χ0v) is 9.07. The van der Waals surface area contributed by atoms with Gasteiger partial charge in [0.1, 0.15) is 5.82 Å². The Morgan fingerprint density at radius 2 is 2.13 bits per heavy atom. The third-order valence-corrected chi connectivity index (χ3v) is 3.15. The van der Waals surface area contributed by atoms with Crippen LogP contribution in [-0.4, -0.2) is 9.55 Å². The number of hydrogen-bond donors (Lipinski definition) is 0. The normalized spacial score (nSPS) is 19.3. The summed E-state index contributed by atoms with van der Waals surface area (Å²) >= 11 is 0. The van der Waals surface area contributed by atoms with E-state index in [9.17, 15) is 0 Å². The van der Waals surface area contributed by atoms with Crippen LogP contribution in [0.2, 0.25) is 0 Å². The smallest absolute Gasteiger partial charge is 0.121 e. The van der Waals surface area contributed by atoms with Crippen molar-refractivity contribution >= 4 is 16.7 Å². The summed E-state index contributed by atoms with van der Waals surface area (Å²) in [6.07, 6.45) is 3.44. The number of imidazole rings is 1.